The van der Waals surface area contributed by atoms with Crippen LogP contribution in [-0.2, 0) is 7.05 Å². The number of nitrogens with zero attached hydrogens (tertiary/aromatic N) is 4. The molecule has 4 heterocycles. The average Bonchev–Trinajstić information content (AvgIpc) is 3.13. The third kappa shape index (κ3) is 2.02. The highest BCUT2D eigenvalue weighted by Crippen LogP contribution is 2.33. The molecule has 0 saturated carbocycles. The van der Waals surface area contributed by atoms with Gasteiger partial charge in [-0.15, -0.1) is 11.3 Å². The van der Waals surface area contributed by atoms with E-state index in [0.29, 0.717) is 0 Å². The molecule has 0 N–H and O–H groups in total. The molecule has 0 unspecified atom stereocenters. The molecule has 0 saturated heterocycles. The van der Waals surface area contributed by atoms with Crippen LogP contribution in [0.25, 0.3) is 32.7 Å². The summed E-state index contributed by atoms with van der Waals surface area (Å²) in [7, 11) is 1.98. The first-order valence-electron chi connectivity index (χ1n) is 6.58. The molecule has 0 fully saturated rings. The monoisotopic (exact) mass is 292 g/mol. The number of pyridine rings is 2. The smallest absolute Gasteiger partial charge is 0.0948 e. The lowest BCUT2D eigenvalue weighted by atomic mass is 10.1. The molecular weight excluding hydrogens is 280 g/mol. The van der Waals surface area contributed by atoms with E-state index in [0.717, 1.165) is 28.0 Å². The van der Waals surface area contributed by atoms with Crippen LogP contribution in [0.3, 0.4) is 0 Å². The molecule has 0 bridgehead atoms. The van der Waals surface area contributed by atoms with E-state index in [1.165, 1.54) is 4.70 Å². The Labute approximate surface area is 125 Å². The average molecular weight is 292 g/mol. The first-order chi connectivity index (χ1) is 10.3. The van der Waals surface area contributed by atoms with Crippen molar-refractivity contribution in [1.82, 2.24) is 19.5 Å². The number of hydrogen-bond donors (Lipinski definition) is 0. The minimum Gasteiger partial charge on any atom is -0.332 e. The topological polar surface area (TPSA) is 43.6 Å². The van der Waals surface area contributed by atoms with E-state index < -0.39 is 0 Å². The van der Waals surface area contributed by atoms with Crippen LogP contribution >= 0.6 is 11.3 Å². The van der Waals surface area contributed by atoms with Crippen molar-refractivity contribution in [2.45, 2.75) is 0 Å². The van der Waals surface area contributed by atoms with Gasteiger partial charge < -0.3 is 4.57 Å². The minimum atomic E-state index is 0.941. The SMILES string of the molecule is Cn1cncc1-c1ccc2scc(-c3ccncc3)c2n1. The second-order valence-electron chi connectivity index (χ2n) is 4.82. The van der Waals surface area contributed by atoms with Crippen molar-refractivity contribution in [1.29, 1.82) is 0 Å². The molecule has 0 aliphatic rings. The molecule has 4 aromatic heterocycles. The standard InChI is InChI=1S/C16H12N4S/c1-20-10-18-8-14(20)13-2-3-15-16(19-13)12(9-21-15)11-4-6-17-7-5-11/h2-10H,1H3. The second kappa shape index (κ2) is 4.79. The fraction of sp³-hybridized carbons (Fsp3) is 0.0625. The van der Waals surface area contributed by atoms with E-state index in [1.807, 2.05) is 48.4 Å². The molecule has 0 aliphatic carbocycles. The van der Waals surface area contributed by atoms with E-state index in [2.05, 4.69) is 21.4 Å². The van der Waals surface area contributed by atoms with Crippen LogP contribution in [0.15, 0.2) is 54.6 Å². The molecule has 0 spiro atoms. The van der Waals surface area contributed by atoms with Gasteiger partial charge in [0, 0.05) is 30.4 Å². The van der Waals surface area contributed by atoms with Crippen LogP contribution in [0.4, 0.5) is 0 Å². The van der Waals surface area contributed by atoms with Gasteiger partial charge in [0.25, 0.3) is 0 Å². The van der Waals surface area contributed by atoms with E-state index >= 15 is 0 Å². The quantitative estimate of drug-likeness (QED) is 0.565. The molecule has 102 valence electrons. The van der Waals surface area contributed by atoms with E-state index in [9.17, 15) is 0 Å². The summed E-state index contributed by atoms with van der Waals surface area (Å²) in [5.74, 6) is 0. The molecule has 4 rings (SSSR count). The number of imidazole rings is 1. The Kier molecular flexibility index (Phi) is 2.79. The lowest BCUT2D eigenvalue weighted by molar-refractivity contribution is 0.917. The second-order valence-corrected chi connectivity index (χ2v) is 5.73. The molecular formula is C16H12N4S. The third-order valence-corrected chi connectivity index (χ3v) is 4.42. The number of fused-ring (bicyclic) bond motifs is 1. The summed E-state index contributed by atoms with van der Waals surface area (Å²) in [6, 6.07) is 8.20. The van der Waals surface area contributed by atoms with Gasteiger partial charge in [0.1, 0.15) is 0 Å². The summed E-state index contributed by atoms with van der Waals surface area (Å²) in [5, 5.41) is 2.15. The van der Waals surface area contributed by atoms with Crippen LogP contribution in [0.1, 0.15) is 0 Å². The maximum Gasteiger partial charge on any atom is 0.0948 e. The summed E-state index contributed by atoms with van der Waals surface area (Å²) < 4.78 is 3.17. The summed E-state index contributed by atoms with van der Waals surface area (Å²) in [5.41, 5.74) is 5.29. The molecule has 4 nitrogen and oxygen atoms in total. The van der Waals surface area contributed by atoms with Gasteiger partial charge in [-0.2, -0.15) is 0 Å². The van der Waals surface area contributed by atoms with Gasteiger partial charge in [-0.25, -0.2) is 9.97 Å². The van der Waals surface area contributed by atoms with Gasteiger partial charge in [-0.05, 0) is 29.8 Å². The van der Waals surface area contributed by atoms with Gasteiger partial charge in [-0.1, -0.05) is 0 Å². The van der Waals surface area contributed by atoms with Gasteiger partial charge in [-0.3, -0.25) is 4.98 Å². The fourth-order valence-electron chi connectivity index (χ4n) is 2.40. The van der Waals surface area contributed by atoms with E-state index in [4.69, 9.17) is 4.98 Å². The number of thiophene rings is 1. The van der Waals surface area contributed by atoms with Crippen molar-refractivity contribution >= 4 is 21.6 Å². The summed E-state index contributed by atoms with van der Waals surface area (Å²) in [6.07, 6.45) is 7.25. The highest BCUT2D eigenvalue weighted by atomic mass is 32.1. The Balaban J connectivity index is 1.93. The minimum absolute atomic E-state index is 0.941. The van der Waals surface area contributed by atoms with Crippen molar-refractivity contribution in [2.24, 2.45) is 7.05 Å². The molecule has 0 aliphatic heterocycles. The molecule has 0 amide bonds. The maximum atomic E-state index is 4.84. The van der Waals surface area contributed by atoms with Crippen molar-refractivity contribution in [2.75, 3.05) is 0 Å². The largest absolute Gasteiger partial charge is 0.332 e. The van der Waals surface area contributed by atoms with Crippen LogP contribution in [0, 0.1) is 0 Å². The summed E-state index contributed by atoms with van der Waals surface area (Å²) in [6.45, 7) is 0. The Morgan fingerprint density at radius 1 is 1.05 bits per heavy atom. The first-order valence-corrected chi connectivity index (χ1v) is 7.46. The number of rotatable bonds is 2. The van der Waals surface area contributed by atoms with Gasteiger partial charge >= 0.3 is 0 Å². The Morgan fingerprint density at radius 3 is 2.67 bits per heavy atom. The third-order valence-electron chi connectivity index (χ3n) is 3.49. The Morgan fingerprint density at radius 2 is 1.90 bits per heavy atom. The maximum absolute atomic E-state index is 4.84. The highest BCUT2D eigenvalue weighted by Gasteiger charge is 2.11. The lowest BCUT2D eigenvalue weighted by Crippen LogP contribution is -1.92. The van der Waals surface area contributed by atoms with Crippen LogP contribution < -0.4 is 0 Å². The molecule has 0 atom stereocenters. The van der Waals surface area contributed by atoms with Crippen molar-refractivity contribution in [3.05, 3.63) is 54.6 Å². The first kappa shape index (κ1) is 12.2. The van der Waals surface area contributed by atoms with Crippen LogP contribution in [-0.4, -0.2) is 19.5 Å². The van der Waals surface area contributed by atoms with Crippen molar-refractivity contribution < 1.29 is 0 Å². The summed E-state index contributed by atoms with van der Waals surface area (Å²) in [4.78, 5) is 13.1. The fourth-order valence-corrected chi connectivity index (χ4v) is 3.30. The number of aromatic nitrogens is 4. The van der Waals surface area contributed by atoms with Crippen molar-refractivity contribution in [3.8, 4) is 22.5 Å². The predicted octanol–water partition coefficient (Wildman–Crippen LogP) is 3.76. The number of hydrogen-bond acceptors (Lipinski definition) is 4. The summed E-state index contributed by atoms with van der Waals surface area (Å²) >= 11 is 1.71. The van der Waals surface area contributed by atoms with Crippen LogP contribution in [0.2, 0.25) is 0 Å². The van der Waals surface area contributed by atoms with Crippen molar-refractivity contribution in [3.63, 3.8) is 0 Å². The highest BCUT2D eigenvalue weighted by molar-refractivity contribution is 7.17. The molecule has 5 heteroatoms. The molecule has 0 aromatic carbocycles. The molecule has 4 aromatic rings. The van der Waals surface area contributed by atoms with E-state index in [1.54, 1.807) is 17.7 Å². The van der Waals surface area contributed by atoms with Gasteiger partial charge in [0.05, 0.1) is 34.1 Å². The Hall–Kier alpha value is -2.53. The molecule has 0 radical (unpaired) electrons. The zero-order valence-electron chi connectivity index (χ0n) is 11.4. The molecule has 21 heavy (non-hydrogen) atoms. The zero-order chi connectivity index (χ0) is 14.2. The Bertz CT molecular complexity index is 908. The van der Waals surface area contributed by atoms with E-state index in [-0.39, 0.29) is 0 Å². The lowest BCUT2D eigenvalue weighted by Gasteiger charge is -2.03. The zero-order valence-corrected chi connectivity index (χ0v) is 12.2. The van der Waals surface area contributed by atoms with Gasteiger partial charge in [0.15, 0.2) is 0 Å². The van der Waals surface area contributed by atoms with Gasteiger partial charge in [0.2, 0.25) is 0 Å². The number of aryl methyl sites for hydroxylation is 1. The van der Waals surface area contributed by atoms with Crippen LogP contribution in [0.5, 0.6) is 0 Å². The normalized spacial score (nSPS) is 11.1. The predicted molar refractivity (Wildman–Crippen MR) is 85.1 cm³/mol.